The van der Waals surface area contributed by atoms with Crippen LogP contribution in [-0.2, 0) is 12.8 Å². The number of aromatic nitrogens is 2. The van der Waals surface area contributed by atoms with Crippen LogP contribution in [0.4, 0.5) is 0 Å². The van der Waals surface area contributed by atoms with Gasteiger partial charge in [-0.05, 0) is 30.9 Å². The molecule has 0 aliphatic heterocycles. The molecule has 2 rings (SSSR count). The smallest absolute Gasteiger partial charge is 0.0522 e. The molecule has 2 aromatic rings. The number of rotatable bonds is 3. The number of hydrogen-bond acceptors (Lipinski definition) is 1. The van der Waals surface area contributed by atoms with Crippen LogP contribution in [0.1, 0.15) is 16.8 Å². The van der Waals surface area contributed by atoms with Crippen LogP contribution >= 0.6 is 0 Å². The molecule has 0 atom stereocenters. The first-order valence-corrected chi connectivity index (χ1v) is 4.89. The molecule has 0 saturated heterocycles. The van der Waals surface area contributed by atoms with Crippen LogP contribution in [0.5, 0.6) is 0 Å². The maximum atomic E-state index is 4.01. The zero-order chi connectivity index (χ0) is 9.80. The molecule has 14 heavy (non-hydrogen) atoms. The molecule has 0 aliphatic rings. The average Bonchev–Trinajstić information content (AvgIpc) is 2.63. The van der Waals surface area contributed by atoms with Crippen molar-refractivity contribution >= 4 is 0 Å². The number of nitrogens with zero attached hydrogens (tertiary/aromatic N) is 1. The summed E-state index contributed by atoms with van der Waals surface area (Å²) in [6, 6.07) is 10.5. The highest BCUT2D eigenvalue weighted by Crippen LogP contribution is 2.08. The number of benzene rings is 1. The number of nitrogens with one attached hydrogen (secondary N) is 1. The van der Waals surface area contributed by atoms with Crippen LogP contribution in [-0.4, -0.2) is 10.2 Å². The molecule has 1 aromatic heterocycles. The SMILES string of the molecule is Cc1[nH]ncc1CCc1ccccc1. The van der Waals surface area contributed by atoms with Crippen LogP contribution in [0.15, 0.2) is 36.5 Å². The molecule has 1 N–H and O–H groups in total. The van der Waals surface area contributed by atoms with Crippen LogP contribution in [0.3, 0.4) is 0 Å². The van der Waals surface area contributed by atoms with E-state index < -0.39 is 0 Å². The Labute approximate surface area is 84.0 Å². The van der Waals surface area contributed by atoms with Crippen LogP contribution in [0.2, 0.25) is 0 Å². The first kappa shape index (κ1) is 9.00. The van der Waals surface area contributed by atoms with Gasteiger partial charge in [0, 0.05) is 5.69 Å². The first-order valence-electron chi connectivity index (χ1n) is 4.89. The Morgan fingerprint density at radius 1 is 1.14 bits per heavy atom. The van der Waals surface area contributed by atoms with Crippen molar-refractivity contribution in [1.29, 1.82) is 0 Å². The van der Waals surface area contributed by atoms with Gasteiger partial charge in [0.05, 0.1) is 6.20 Å². The van der Waals surface area contributed by atoms with Gasteiger partial charge in [-0.3, -0.25) is 5.10 Å². The van der Waals surface area contributed by atoms with Crippen molar-refractivity contribution in [3.05, 3.63) is 53.3 Å². The Bertz CT molecular complexity index is 390. The molecular formula is C12H14N2. The van der Waals surface area contributed by atoms with E-state index in [0.29, 0.717) is 0 Å². The number of hydrogen-bond donors (Lipinski definition) is 1. The van der Waals surface area contributed by atoms with Crippen LogP contribution in [0, 0.1) is 6.92 Å². The second-order valence-electron chi connectivity index (χ2n) is 3.51. The summed E-state index contributed by atoms with van der Waals surface area (Å²) in [4.78, 5) is 0. The highest BCUT2D eigenvalue weighted by Gasteiger charge is 2.00. The van der Waals surface area contributed by atoms with Gasteiger partial charge >= 0.3 is 0 Å². The molecule has 0 saturated carbocycles. The van der Waals surface area contributed by atoms with E-state index in [2.05, 4.69) is 41.4 Å². The summed E-state index contributed by atoms with van der Waals surface area (Å²) in [5.74, 6) is 0. The van der Waals surface area contributed by atoms with E-state index in [-0.39, 0.29) is 0 Å². The van der Waals surface area contributed by atoms with Gasteiger partial charge in [-0.1, -0.05) is 30.3 Å². The molecule has 0 radical (unpaired) electrons. The van der Waals surface area contributed by atoms with Gasteiger partial charge in [-0.2, -0.15) is 5.10 Å². The predicted octanol–water partition coefficient (Wildman–Crippen LogP) is 2.50. The van der Waals surface area contributed by atoms with Crippen molar-refractivity contribution in [2.75, 3.05) is 0 Å². The normalized spacial score (nSPS) is 10.4. The van der Waals surface area contributed by atoms with E-state index >= 15 is 0 Å². The van der Waals surface area contributed by atoms with E-state index in [1.54, 1.807) is 0 Å². The fourth-order valence-electron chi connectivity index (χ4n) is 1.55. The third-order valence-corrected chi connectivity index (χ3v) is 2.46. The molecule has 0 fully saturated rings. The average molecular weight is 186 g/mol. The third-order valence-electron chi connectivity index (χ3n) is 2.46. The fraction of sp³-hybridized carbons (Fsp3) is 0.250. The molecule has 0 unspecified atom stereocenters. The largest absolute Gasteiger partial charge is 0.283 e. The monoisotopic (exact) mass is 186 g/mol. The van der Waals surface area contributed by atoms with Gasteiger partial charge in [0.25, 0.3) is 0 Å². The Hall–Kier alpha value is -1.57. The van der Waals surface area contributed by atoms with Crippen molar-refractivity contribution in [2.45, 2.75) is 19.8 Å². The number of aromatic amines is 1. The van der Waals surface area contributed by atoms with Gasteiger partial charge in [0.15, 0.2) is 0 Å². The molecule has 0 amide bonds. The first-order chi connectivity index (χ1) is 6.86. The maximum absolute atomic E-state index is 4.01. The topological polar surface area (TPSA) is 28.7 Å². The highest BCUT2D eigenvalue weighted by molar-refractivity contribution is 5.19. The lowest BCUT2D eigenvalue weighted by molar-refractivity contribution is 0.948. The quantitative estimate of drug-likeness (QED) is 0.783. The summed E-state index contributed by atoms with van der Waals surface area (Å²) in [6.45, 7) is 2.06. The van der Waals surface area contributed by atoms with Crippen molar-refractivity contribution < 1.29 is 0 Å². The van der Waals surface area contributed by atoms with Crippen molar-refractivity contribution in [2.24, 2.45) is 0 Å². The minimum atomic E-state index is 1.06. The van der Waals surface area contributed by atoms with E-state index in [0.717, 1.165) is 12.8 Å². The molecule has 1 aromatic carbocycles. The standard InChI is InChI=1S/C12H14N2/c1-10-12(9-13-14-10)8-7-11-5-3-2-4-6-11/h2-6,9H,7-8H2,1H3,(H,13,14). The van der Waals surface area contributed by atoms with Crippen molar-refractivity contribution in [3.8, 4) is 0 Å². The van der Waals surface area contributed by atoms with Gasteiger partial charge in [-0.15, -0.1) is 0 Å². The second kappa shape index (κ2) is 4.09. The van der Waals surface area contributed by atoms with Gasteiger partial charge < -0.3 is 0 Å². The molecule has 72 valence electrons. The number of H-pyrrole nitrogens is 1. The third kappa shape index (κ3) is 2.02. The Morgan fingerprint density at radius 3 is 2.57 bits per heavy atom. The van der Waals surface area contributed by atoms with E-state index in [4.69, 9.17) is 0 Å². The summed E-state index contributed by atoms with van der Waals surface area (Å²) in [6.07, 6.45) is 4.06. The van der Waals surface area contributed by atoms with E-state index in [1.807, 2.05) is 12.3 Å². The summed E-state index contributed by atoms with van der Waals surface area (Å²) >= 11 is 0. The zero-order valence-corrected chi connectivity index (χ0v) is 8.33. The predicted molar refractivity (Wildman–Crippen MR) is 57.2 cm³/mol. The molecule has 1 heterocycles. The maximum Gasteiger partial charge on any atom is 0.0522 e. The van der Waals surface area contributed by atoms with Crippen LogP contribution in [0.25, 0.3) is 0 Å². The lowest BCUT2D eigenvalue weighted by Crippen LogP contribution is -1.91. The molecule has 0 spiro atoms. The fourth-order valence-corrected chi connectivity index (χ4v) is 1.55. The lowest BCUT2D eigenvalue weighted by atomic mass is 10.1. The molecule has 2 nitrogen and oxygen atoms in total. The van der Waals surface area contributed by atoms with E-state index in [9.17, 15) is 0 Å². The Balaban J connectivity index is 1.99. The Kier molecular flexibility index (Phi) is 2.63. The summed E-state index contributed by atoms with van der Waals surface area (Å²) in [5, 5.41) is 6.96. The van der Waals surface area contributed by atoms with Crippen LogP contribution < -0.4 is 0 Å². The molecular weight excluding hydrogens is 172 g/mol. The van der Waals surface area contributed by atoms with Gasteiger partial charge in [0.1, 0.15) is 0 Å². The Morgan fingerprint density at radius 2 is 1.93 bits per heavy atom. The lowest BCUT2D eigenvalue weighted by Gasteiger charge is -1.99. The molecule has 0 aliphatic carbocycles. The van der Waals surface area contributed by atoms with E-state index in [1.165, 1.54) is 16.8 Å². The minimum Gasteiger partial charge on any atom is -0.283 e. The van der Waals surface area contributed by atoms with Crippen molar-refractivity contribution in [3.63, 3.8) is 0 Å². The zero-order valence-electron chi connectivity index (χ0n) is 8.33. The van der Waals surface area contributed by atoms with Crippen molar-refractivity contribution in [1.82, 2.24) is 10.2 Å². The van der Waals surface area contributed by atoms with Gasteiger partial charge in [0.2, 0.25) is 0 Å². The highest BCUT2D eigenvalue weighted by atomic mass is 15.1. The molecule has 2 heteroatoms. The minimum absolute atomic E-state index is 1.06. The summed E-state index contributed by atoms with van der Waals surface area (Å²) in [7, 11) is 0. The van der Waals surface area contributed by atoms with Gasteiger partial charge in [-0.25, -0.2) is 0 Å². The number of aryl methyl sites for hydroxylation is 3. The summed E-state index contributed by atoms with van der Waals surface area (Å²) < 4.78 is 0. The molecule has 0 bridgehead atoms. The second-order valence-corrected chi connectivity index (χ2v) is 3.51. The summed E-state index contributed by atoms with van der Waals surface area (Å²) in [5.41, 5.74) is 3.88.